The van der Waals surface area contributed by atoms with Crippen LogP contribution in [0.2, 0.25) is 5.02 Å². The van der Waals surface area contributed by atoms with Crippen molar-refractivity contribution in [3.63, 3.8) is 0 Å². The number of nitrogens with one attached hydrogen (secondary N) is 1. The third kappa shape index (κ3) is 2.31. The smallest absolute Gasteiger partial charge is 0.408 e. The first kappa shape index (κ1) is 12.0. The first-order valence-corrected chi connectivity index (χ1v) is 5.04. The van der Waals surface area contributed by atoms with Crippen molar-refractivity contribution in [2.75, 3.05) is 6.61 Å². The van der Waals surface area contributed by atoms with Crippen LogP contribution in [-0.4, -0.2) is 18.6 Å². The highest BCUT2D eigenvalue weighted by molar-refractivity contribution is 6.31. The van der Waals surface area contributed by atoms with Crippen LogP contribution in [0.25, 0.3) is 0 Å². The molecular formula is C10H7ClF3NO2. The van der Waals surface area contributed by atoms with Crippen LogP contribution in [-0.2, 0) is 4.74 Å². The molecule has 1 fully saturated rings. The molecule has 1 amide bonds. The molecule has 7 heteroatoms. The topological polar surface area (TPSA) is 38.3 Å². The van der Waals surface area contributed by atoms with E-state index in [2.05, 4.69) is 4.74 Å². The minimum atomic E-state index is -3.30. The third-order valence-corrected chi connectivity index (χ3v) is 2.68. The lowest BCUT2D eigenvalue weighted by Gasteiger charge is -2.32. The van der Waals surface area contributed by atoms with Crippen molar-refractivity contribution < 1.29 is 22.7 Å². The molecule has 0 aromatic heterocycles. The molecule has 17 heavy (non-hydrogen) atoms. The Kier molecular flexibility index (Phi) is 2.91. The minimum Gasteiger partial charge on any atom is -0.443 e. The molecule has 1 aliphatic rings. The van der Waals surface area contributed by atoms with Gasteiger partial charge in [0, 0.05) is 5.02 Å². The zero-order chi connectivity index (χ0) is 12.6. The molecule has 0 radical (unpaired) electrons. The van der Waals surface area contributed by atoms with Crippen molar-refractivity contribution in [2.45, 2.75) is 12.0 Å². The number of ether oxygens (including phenoxy) is 1. The van der Waals surface area contributed by atoms with Gasteiger partial charge in [-0.05, 0) is 17.7 Å². The van der Waals surface area contributed by atoms with Gasteiger partial charge in [-0.3, -0.25) is 0 Å². The van der Waals surface area contributed by atoms with E-state index in [-0.39, 0.29) is 10.6 Å². The molecule has 0 spiro atoms. The lowest BCUT2D eigenvalue weighted by molar-refractivity contribution is -0.104. The Morgan fingerprint density at radius 2 is 2.18 bits per heavy atom. The normalized spacial score (nSPS) is 22.8. The second-order valence-electron chi connectivity index (χ2n) is 3.58. The van der Waals surface area contributed by atoms with Crippen LogP contribution in [0.4, 0.5) is 18.0 Å². The van der Waals surface area contributed by atoms with Gasteiger partial charge in [0.2, 0.25) is 0 Å². The summed E-state index contributed by atoms with van der Waals surface area (Å²) in [7, 11) is 0. The fourth-order valence-corrected chi connectivity index (χ4v) is 1.83. The van der Waals surface area contributed by atoms with E-state index in [9.17, 15) is 18.0 Å². The lowest BCUT2D eigenvalue weighted by Crippen LogP contribution is -2.49. The predicted molar refractivity (Wildman–Crippen MR) is 53.6 cm³/mol. The highest BCUT2D eigenvalue weighted by atomic mass is 35.5. The van der Waals surface area contributed by atoms with Crippen LogP contribution in [0.5, 0.6) is 0 Å². The highest BCUT2D eigenvalue weighted by Crippen LogP contribution is 2.37. The van der Waals surface area contributed by atoms with Crippen molar-refractivity contribution in [1.29, 1.82) is 0 Å². The molecule has 0 bridgehead atoms. The monoisotopic (exact) mass is 265 g/mol. The molecular weight excluding hydrogens is 259 g/mol. The molecule has 0 saturated carbocycles. The van der Waals surface area contributed by atoms with Gasteiger partial charge < -0.3 is 10.1 Å². The van der Waals surface area contributed by atoms with E-state index in [4.69, 9.17) is 11.6 Å². The van der Waals surface area contributed by atoms with E-state index in [0.29, 0.717) is 0 Å². The number of halogens is 4. The van der Waals surface area contributed by atoms with Gasteiger partial charge in [-0.25, -0.2) is 18.0 Å². The van der Waals surface area contributed by atoms with Crippen molar-refractivity contribution in [3.8, 4) is 0 Å². The molecule has 1 aliphatic heterocycles. The second kappa shape index (κ2) is 4.10. The van der Waals surface area contributed by atoms with E-state index < -0.39 is 30.5 Å². The molecule has 0 aliphatic carbocycles. The predicted octanol–water partition coefficient (Wildman–Crippen LogP) is 2.90. The molecule has 1 atom stereocenters. The van der Waals surface area contributed by atoms with Crippen LogP contribution in [0, 0.1) is 5.82 Å². The first-order valence-electron chi connectivity index (χ1n) is 4.66. The molecule has 1 aromatic rings. The summed E-state index contributed by atoms with van der Waals surface area (Å²) in [6.45, 7) is -1.03. The standard InChI is InChI=1S/C10H7ClF3NO2/c11-7-3-5(12)1-2-6(7)8-10(13,14)4-17-9(16)15-8/h1-3,8H,4H2,(H,15,16)/t8-/m1/s1. The van der Waals surface area contributed by atoms with Crippen molar-refractivity contribution in [1.82, 2.24) is 5.32 Å². The molecule has 1 saturated heterocycles. The summed E-state index contributed by atoms with van der Waals surface area (Å²) in [5.41, 5.74) is -0.0466. The van der Waals surface area contributed by atoms with Gasteiger partial charge in [-0.1, -0.05) is 17.7 Å². The maximum atomic E-state index is 13.5. The zero-order valence-corrected chi connectivity index (χ0v) is 9.10. The Balaban J connectivity index is 2.39. The number of carbonyl (C=O) groups excluding carboxylic acids is 1. The van der Waals surface area contributed by atoms with Crippen molar-refractivity contribution in [3.05, 3.63) is 34.6 Å². The van der Waals surface area contributed by atoms with Gasteiger partial charge in [0.1, 0.15) is 11.9 Å². The van der Waals surface area contributed by atoms with Crippen LogP contribution < -0.4 is 5.32 Å². The zero-order valence-electron chi connectivity index (χ0n) is 8.34. The summed E-state index contributed by atoms with van der Waals surface area (Å²) in [5, 5.41) is 1.80. The summed E-state index contributed by atoms with van der Waals surface area (Å²) in [6, 6.07) is 1.41. The number of amides is 1. The summed E-state index contributed by atoms with van der Waals surface area (Å²) >= 11 is 5.67. The number of carbonyl (C=O) groups is 1. The summed E-state index contributed by atoms with van der Waals surface area (Å²) in [4.78, 5) is 10.9. The SMILES string of the molecule is O=C1N[C@H](c2ccc(F)cc2Cl)C(F)(F)CO1. The number of hydrogen-bond acceptors (Lipinski definition) is 2. The number of cyclic esters (lactones) is 1. The van der Waals surface area contributed by atoms with Crippen LogP contribution >= 0.6 is 11.6 Å². The number of alkyl carbamates (subject to hydrolysis) is 1. The molecule has 2 rings (SSSR count). The Morgan fingerprint density at radius 1 is 1.47 bits per heavy atom. The Bertz CT molecular complexity index is 467. The quantitative estimate of drug-likeness (QED) is 0.848. The van der Waals surface area contributed by atoms with Crippen molar-refractivity contribution in [2.24, 2.45) is 0 Å². The summed E-state index contributed by atoms with van der Waals surface area (Å²) in [5.74, 6) is -3.93. The number of benzene rings is 1. The average Bonchev–Trinajstić information content (AvgIpc) is 2.23. The Hall–Kier alpha value is -1.43. The van der Waals surface area contributed by atoms with Crippen LogP contribution in [0.3, 0.4) is 0 Å². The van der Waals surface area contributed by atoms with Gasteiger partial charge in [0.15, 0.2) is 6.61 Å². The fraction of sp³-hybridized carbons (Fsp3) is 0.300. The van der Waals surface area contributed by atoms with E-state index >= 15 is 0 Å². The van der Waals surface area contributed by atoms with Crippen LogP contribution in [0.1, 0.15) is 11.6 Å². The van der Waals surface area contributed by atoms with E-state index in [1.165, 1.54) is 0 Å². The maximum Gasteiger partial charge on any atom is 0.408 e. The lowest BCUT2D eigenvalue weighted by atomic mass is 10.00. The van der Waals surface area contributed by atoms with Gasteiger partial charge in [0.05, 0.1) is 0 Å². The van der Waals surface area contributed by atoms with E-state index in [0.717, 1.165) is 18.2 Å². The second-order valence-corrected chi connectivity index (χ2v) is 3.99. The molecule has 1 N–H and O–H groups in total. The van der Waals surface area contributed by atoms with E-state index in [1.807, 2.05) is 5.32 Å². The minimum absolute atomic E-state index is 0.0466. The summed E-state index contributed by atoms with van der Waals surface area (Å²) in [6.07, 6.45) is -0.957. The van der Waals surface area contributed by atoms with Gasteiger partial charge in [0.25, 0.3) is 0 Å². The number of rotatable bonds is 1. The Morgan fingerprint density at radius 3 is 2.82 bits per heavy atom. The molecule has 0 unspecified atom stereocenters. The molecule has 1 heterocycles. The van der Waals surface area contributed by atoms with Crippen molar-refractivity contribution >= 4 is 17.7 Å². The van der Waals surface area contributed by atoms with Gasteiger partial charge >= 0.3 is 12.0 Å². The largest absolute Gasteiger partial charge is 0.443 e. The molecule has 1 aromatic carbocycles. The third-order valence-electron chi connectivity index (χ3n) is 2.35. The fourth-order valence-electron chi connectivity index (χ4n) is 1.55. The van der Waals surface area contributed by atoms with E-state index in [1.54, 1.807) is 0 Å². The summed E-state index contributed by atoms with van der Waals surface area (Å²) < 4.78 is 44.0. The first-order chi connectivity index (χ1) is 7.90. The number of hydrogen-bond donors (Lipinski definition) is 1. The Labute approximate surface area is 99.5 Å². The highest BCUT2D eigenvalue weighted by Gasteiger charge is 2.47. The maximum absolute atomic E-state index is 13.5. The average molecular weight is 266 g/mol. The van der Waals surface area contributed by atoms with Gasteiger partial charge in [-0.15, -0.1) is 0 Å². The molecule has 92 valence electrons. The van der Waals surface area contributed by atoms with Gasteiger partial charge in [-0.2, -0.15) is 0 Å². The molecule has 3 nitrogen and oxygen atoms in total. The number of alkyl halides is 2. The van der Waals surface area contributed by atoms with Crippen LogP contribution in [0.15, 0.2) is 18.2 Å².